The Labute approximate surface area is 89.2 Å². The molecule has 0 spiro atoms. The summed E-state index contributed by atoms with van der Waals surface area (Å²) in [6.45, 7) is 0. The highest BCUT2D eigenvalue weighted by Crippen LogP contribution is 2.12. The molecule has 0 aliphatic rings. The lowest BCUT2D eigenvalue weighted by atomic mass is 10.3. The fraction of sp³-hybridized carbons (Fsp3) is 0. The highest BCUT2D eigenvalue weighted by Gasteiger charge is 2.15. The number of aromatic nitrogens is 2. The van der Waals surface area contributed by atoms with Gasteiger partial charge < -0.3 is 11.1 Å². The molecule has 6 nitrogen and oxygen atoms in total. The van der Waals surface area contributed by atoms with Crippen molar-refractivity contribution in [1.82, 2.24) is 10.3 Å². The van der Waals surface area contributed by atoms with Crippen LogP contribution in [-0.4, -0.2) is 16.2 Å². The summed E-state index contributed by atoms with van der Waals surface area (Å²) in [6, 6.07) is 5.43. The van der Waals surface area contributed by atoms with E-state index in [0.29, 0.717) is 5.69 Å². The Morgan fingerprint density at radius 1 is 1.44 bits per heavy atom. The zero-order valence-corrected chi connectivity index (χ0v) is 7.98. The molecule has 0 atom stereocenters. The summed E-state index contributed by atoms with van der Waals surface area (Å²) in [6.07, 6.45) is 0. The van der Waals surface area contributed by atoms with Crippen LogP contribution >= 0.6 is 0 Å². The lowest BCUT2D eigenvalue weighted by Gasteiger charge is -2.02. The fourth-order valence-electron chi connectivity index (χ4n) is 1.11. The van der Waals surface area contributed by atoms with Gasteiger partial charge in [-0.25, -0.2) is 9.02 Å². The number of benzene rings is 1. The molecule has 7 heteroatoms. The van der Waals surface area contributed by atoms with Crippen molar-refractivity contribution in [3.8, 4) is 0 Å². The predicted octanol–water partition coefficient (Wildman–Crippen LogP) is 1.04. The van der Waals surface area contributed by atoms with Crippen molar-refractivity contribution in [2.45, 2.75) is 0 Å². The summed E-state index contributed by atoms with van der Waals surface area (Å²) in [5, 5.41) is 8.98. The molecule has 82 valence electrons. The van der Waals surface area contributed by atoms with Gasteiger partial charge in [-0.15, -0.1) is 0 Å². The number of anilines is 2. The Balaban J connectivity index is 2.17. The van der Waals surface area contributed by atoms with E-state index in [1.807, 2.05) is 0 Å². The van der Waals surface area contributed by atoms with E-state index in [2.05, 4.69) is 20.3 Å². The first-order chi connectivity index (χ1) is 7.66. The number of rotatable bonds is 2. The van der Waals surface area contributed by atoms with Crippen LogP contribution in [0, 0.1) is 5.82 Å². The molecule has 16 heavy (non-hydrogen) atoms. The van der Waals surface area contributed by atoms with Crippen molar-refractivity contribution < 1.29 is 13.8 Å². The molecule has 2 rings (SSSR count). The van der Waals surface area contributed by atoms with E-state index in [0.717, 1.165) is 0 Å². The molecule has 1 amide bonds. The molecule has 0 unspecified atom stereocenters. The van der Waals surface area contributed by atoms with Gasteiger partial charge in [0.2, 0.25) is 11.5 Å². The smallest absolute Gasteiger partial charge is 0.281 e. The number of nitrogens with one attached hydrogen (secondary N) is 1. The summed E-state index contributed by atoms with van der Waals surface area (Å²) in [4.78, 5) is 11.5. The van der Waals surface area contributed by atoms with Gasteiger partial charge in [-0.3, -0.25) is 4.79 Å². The van der Waals surface area contributed by atoms with Gasteiger partial charge in [0.15, 0.2) is 0 Å². The molecule has 1 heterocycles. The number of nitrogens with two attached hydrogens (primary N) is 1. The molecule has 3 N–H and O–H groups in total. The lowest BCUT2D eigenvalue weighted by molar-refractivity contribution is 0.101. The first-order valence-electron chi connectivity index (χ1n) is 4.32. The SMILES string of the molecule is Nc1nonc1C(=O)Nc1cccc(F)c1. The Kier molecular flexibility index (Phi) is 2.50. The minimum absolute atomic E-state index is 0.117. The van der Waals surface area contributed by atoms with E-state index in [1.54, 1.807) is 0 Å². The normalized spacial score (nSPS) is 10.1. The average molecular weight is 222 g/mol. The van der Waals surface area contributed by atoms with Crippen LogP contribution in [0.1, 0.15) is 10.5 Å². The summed E-state index contributed by atoms with van der Waals surface area (Å²) >= 11 is 0. The maximum Gasteiger partial charge on any atom is 0.281 e. The van der Waals surface area contributed by atoms with Crippen LogP contribution < -0.4 is 11.1 Å². The number of hydrogen-bond acceptors (Lipinski definition) is 5. The van der Waals surface area contributed by atoms with Gasteiger partial charge in [0.25, 0.3) is 5.91 Å². The second kappa shape index (κ2) is 3.97. The monoisotopic (exact) mass is 222 g/mol. The van der Waals surface area contributed by atoms with Gasteiger partial charge in [0.05, 0.1) is 0 Å². The molecule has 0 fully saturated rings. The van der Waals surface area contributed by atoms with Crippen LogP contribution in [0.25, 0.3) is 0 Å². The molecule has 2 aromatic rings. The summed E-state index contributed by atoms with van der Waals surface area (Å²) < 4.78 is 17.1. The largest absolute Gasteiger partial charge is 0.379 e. The zero-order chi connectivity index (χ0) is 11.5. The van der Waals surface area contributed by atoms with Crippen LogP contribution in [0.2, 0.25) is 0 Å². The second-order valence-electron chi connectivity index (χ2n) is 2.96. The fourth-order valence-corrected chi connectivity index (χ4v) is 1.11. The number of hydrogen-bond donors (Lipinski definition) is 2. The summed E-state index contributed by atoms with van der Waals surface area (Å²) in [5.74, 6) is -1.18. The number of carbonyl (C=O) groups is 1. The van der Waals surface area contributed by atoms with E-state index in [4.69, 9.17) is 5.73 Å². The number of nitrogens with zero attached hydrogens (tertiary/aromatic N) is 2. The number of halogens is 1. The van der Waals surface area contributed by atoms with Crippen molar-refractivity contribution >= 4 is 17.4 Å². The average Bonchev–Trinajstić information content (AvgIpc) is 2.64. The Bertz CT molecular complexity index is 526. The van der Waals surface area contributed by atoms with Gasteiger partial charge in [-0.1, -0.05) is 6.07 Å². The summed E-state index contributed by atoms with van der Waals surface area (Å²) in [7, 11) is 0. The van der Waals surface area contributed by atoms with Gasteiger partial charge >= 0.3 is 0 Å². The quantitative estimate of drug-likeness (QED) is 0.791. The van der Waals surface area contributed by atoms with Crippen molar-refractivity contribution in [3.05, 3.63) is 35.8 Å². The Hall–Kier alpha value is -2.44. The van der Waals surface area contributed by atoms with E-state index < -0.39 is 11.7 Å². The maximum atomic E-state index is 12.8. The molecule has 0 saturated heterocycles. The number of carbonyl (C=O) groups excluding carboxylic acids is 1. The first kappa shape index (κ1) is 10.1. The molecule has 0 aliphatic heterocycles. The minimum Gasteiger partial charge on any atom is -0.379 e. The maximum absolute atomic E-state index is 12.8. The molecule has 0 bridgehead atoms. The van der Waals surface area contributed by atoms with E-state index in [9.17, 15) is 9.18 Å². The van der Waals surface area contributed by atoms with Crippen molar-refractivity contribution in [2.24, 2.45) is 0 Å². The molecule has 1 aromatic heterocycles. The second-order valence-corrected chi connectivity index (χ2v) is 2.96. The molecule has 0 aliphatic carbocycles. The van der Waals surface area contributed by atoms with Crippen LogP contribution in [0.3, 0.4) is 0 Å². The Morgan fingerprint density at radius 3 is 2.88 bits per heavy atom. The zero-order valence-electron chi connectivity index (χ0n) is 7.98. The lowest BCUT2D eigenvalue weighted by Crippen LogP contribution is -2.14. The van der Waals surface area contributed by atoms with E-state index in [1.165, 1.54) is 24.3 Å². The molecular formula is C9H7FN4O2. The molecule has 1 aromatic carbocycles. The summed E-state index contributed by atoms with van der Waals surface area (Å²) in [5.41, 5.74) is 5.49. The molecule has 0 saturated carbocycles. The van der Waals surface area contributed by atoms with Crippen LogP contribution in [0.15, 0.2) is 28.9 Å². The number of nitrogen functional groups attached to an aromatic ring is 1. The molecular weight excluding hydrogens is 215 g/mol. The minimum atomic E-state index is -0.607. The number of amides is 1. The highest BCUT2D eigenvalue weighted by atomic mass is 19.1. The van der Waals surface area contributed by atoms with Crippen LogP contribution in [0.4, 0.5) is 15.9 Å². The predicted molar refractivity (Wildman–Crippen MR) is 53.1 cm³/mol. The van der Waals surface area contributed by atoms with E-state index >= 15 is 0 Å². The third-order valence-corrected chi connectivity index (χ3v) is 1.81. The third-order valence-electron chi connectivity index (χ3n) is 1.81. The van der Waals surface area contributed by atoms with E-state index in [-0.39, 0.29) is 11.5 Å². The van der Waals surface area contributed by atoms with Crippen LogP contribution in [0.5, 0.6) is 0 Å². The van der Waals surface area contributed by atoms with Crippen LogP contribution in [-0.2, 0) is 0 Å². The Morgan fingerprint density at radius 2 is 2.25 bits per heavy atom. The topological polar surface area (TPSA) is 94.0 Å². The standard InChI is InChI=1S/C9H7FN4O2/c10-5-2-1-3-6(4-5)12-9(15)7-8(11)14-16-13-7/h1-4H,(H2,11,14)(H,12,15). The van der Waals surface area contributed by atoms with Gasteiger partial charge in [-0.05, 0) is 28.5 Å². The third kappa shape index (κ3) is 1.97. The van der Waals surface area contributed by atoms with Crippen molar-refractivity contribution in [1.29, 1.82) is 0 Å². The highest BCUT2D eigenvalue weighted by molar-refractivity contribution is 6.05. The molecule has 0 radical (unpaired) electrons. The van der Waals surface area contributed by atoms with Gasteiger partial charge in [-0.2, -0.15) is 0 Å². The van der Waals surface area contributed by atoms with Crippen molar-refractivity contribution in [2.75, 3.05) is 11.1 Å². The first-order valence-corrected chi connectivity index (χ1v) is 4.32. The van der Waals surface area contributed by atoms with Gasteiger partial charge in [0, 0.05) is 5.69 Å². The van der Waals surface area contributed by atoms with Gasteiger partial charge in [0.1, 0.15) is 5.82 Å². The van der Waals surface area contributed by atoms with Crippen molar-refractivity contribution in [3.63, 3.8) is 0 Å².